The van der Waals surface area contributed by atoms with E-state index in [1.165, 1.54) is 28.2 Å². The first kappa shape index (κ1) is 65.8. The molecule has 1 unspecified atom stereocenters. The SMILES string of the molecule is CCCOCCCCC(=O)CCC(=O)Nc1cccc([C@@H](CCc2ccc(C)c(C)c2)OC(=O)[C@@H]2CCCCN2C(=O)C(=O)C(C)(C)CC)c1.COCCOCCCCC(=O)COc1cccc2c1C(=O)N(C1CCC(=O)NC1=O)C2=O. The Labute approximate surface area is 482 Å². The van der Waals surface area contributed by atoms with Crippen LogP contribution in [0.2, 0.25) is 0 Å². The maximum absolute atomic E-state index is 13.9. The summed E-state index contributed by atoms with van der Waals surface area (Å²) in [6.07, 6.45) is 7.87. The van der Waals surface area contributed by atoms with E-state index >= 15 is 0 Å². The molecule has 82 heavy (non-hydrogen) atoms. The number of hydrogen-bond acceptors (Lipinski definition) is 15. The van der Waals surface area contributed by atoms with Gasteiger partial charge >= 0.3 is 5.97 Å². The van der Waals surface area contributed by atoms with E-state index < -0.39 is 64.9 Å². The lowest BCUT2D eigenvalue weighted by atomic mass is 9.84. The van der Waals surface area contributed by atoms with E-state index in [4.69, 9.17) is 23.7 Å². The number of nitrogens with one attached hydrogen (secondary N) is 2. The summed E-state index contributed by atoms with van der Waals surface area (Å²) in [6.45, 7) is 14.6. The number of Topliss-reactive ketones (excluding diaryl/α,β-unsaturated/α-hetero) is 3. The van der Waals surface area contributed by atoms with Crippen LogP contribution in [0.25, 0.3) is 0 Å². The van der Waals surface area contributed by atoms with Crippen LogP contribution in [0.15, 0.2) is 60.7 Å². The Hall–Kier alpha value is -6.96. The molecule has 0 radical (unpaired) electrons. The molecule has 3 aromatic carbocycles. The van der Waals surface area contributed by atoms with E-state index in [9.17, 15) is 47.9 Å². The van der Waals surface area contributed by atoms with Crippen molar-refractivity contribution in [2.24, 2.45) is 5.41 Å². The van der Waals surface area contributed by atoms with Gasteiger partial charge in [0.2, 0.25) is 23.5 Å². The number of nitrogens with zero attached hydrogens (tertiary/aromatic N) is 2. The fraction of sp³-hybridized carbons (Fsp3) is 0.556. The number of ketones is 3. The first-order chi connectivity index (χ1) is 39.3. The molecule has 3 aliphatic heterocycles. The molecule has 6 amide bonds. The zero-order valence-corrected chi connectivity index (χ0v) is 49.0. The Bertz CT molecular complexity index is 2740. The Morgan fingerprint density at radius 1 is 0.756 bits per heavy atom. The summed E-state index contributed by atoms with van der Waals surface area (Å²) in [5, 5.41) is 5.05. The molecule has 3 aliphatic rings. The highest BCUT2D eigenvalue weighted by molar-refractivity contribution is 6.38. The smallest absolute Gasteiger partial charge is 0.329 e. The fourth-order valence-corrected chi connectivity index (χ4v) is 9.57. The van der Waals surface area contributed by atoms with Crippen molar-refractivity contribution in [2.75, 3.05) is 58.6 Å². The van der Waals surface area contributed by atoms with Gasteiger partial charge in [-0.1, -0.05) is 64.1 Å². The van der Waals surface area contributed by atoms with Crippen LogP contribution in [0.3, 0.4) is 0 Å². The molecule has 2 saturated heterocycles. The van der Waals surface area contributed by atoms with E-state index in [0.29, 0.717) is 95.6 Å². The minimum absolute atomic E-state index is 0.0292. The number of aryl methyl sites for hydroxylation is 3. The van der Waals surface area contributed by atoms with Crippen molar-refractivity contribution in [3.8, 4) is 5.75 Å². The van der Waals surface area contributed by atoms with Crippen LogP contribution in [0.1, 0.15) is 180 Å². The topological polar surface area (TPSA) is 247 Å². The number of likely N-dealkylation sites (tertiary alicyclic amines) is 1. The van der Waals surface area contributed by atoms with Gasteiger partial charge < -0.3 is 33.9 Å². The summed E-state index contributed by atoms with van der Waals surface area (Å²) in [6, 6.07) is 16.1. The van der Waals surface area contributed by atoms with Crippen LogP contribution >= 0.6 is 0 Å². The lowest BCUT2D eigenvalue weighted by Crippen LogP contribution is -2.54. The molecule has 446 valence electrons. The number of carbonyl (C=O) groups is 10. The number of rotatable bonds is 32. The number of esters is 1. The fourth-order valence-electron chi connectivity index (χ4n) is 9.57. The van der Waals surface area contributed by atoms with Crippen LogP contribution in [-0.4, -0.2) is 134 Å². The van der Waals surface area contributed by atoms with Gasteiger partial charge in [0.15, 0.2) is 5.78 Å². The van der Waals surface area contributed by atoms with Crippen molar-refractivity contribution in [3.05, 3.63) is 94.0 Å². The normalized spacial score (nSPS) is 16.4. The Morgan fingerprint density at radius 3 is 2.17 bits per heavy atom. The van der Waals surface area contributed by atoms with Gasteiger partial charge in [0, 0.05) is 76.7 Å². The number of hydrogen-bond donors (Lipinski definition) is 2. The number of piperidine rings is 2. The second-order valence-electron chi connectivity index (χ2n) is 21.8. The molecule has 0 saturated carbocycles. The minimum atomic E-state index is -1.05. The summed E-state index contributed by atoms with van der Waals surface area (Å²) in [4.78, 5) is 129. The van der Waals surface area contributed by atoms with Crippen molar-refractivity contribution in [1.29, 1.82) is 0 Å². The number of unbranched alkanes of at least 4 members (excludes halogenated alkanes) is 2. The molecular formula is C63H84N4O15. The minimum Gasteiger partial charge on any atom is -0.485 e. The van der Waals surface area contributed by atoms with Gasteiger partial charge in [-0.15, -0.1) is 0 Å². The molecule has 0 aromatic heterocycles. The summed E-state index contributed by atoms with van der Waals surface area (Å²) in [7, 11) is 1.60. The molecule has 3 atom stereocenters. The summed E-state index contributed by atoms with van der Waals surface area (Å²) in [5.74, 6) is -4.30. The average molecular weight is 1140 g/mol. The average Bonchev–Trinajstić information content (AvgIpc) is 3.72. The van der Waals surface area contributed by atoms with Gasteiger partial charge in [-0.2, -0.15) is 0 Å². The Kier molecular flexibility index (Phi) is 26.7. The lowest BCUT2D eigenvalue weighted by molar-refractivity contribution is -0.164. The third-order valence-electron chi connectivity index (χ3n) is 15.0. The van der Waals surface area contributed by atoms with Crippen molar-refractivity contribution >= 4 is 64.4 Å². The van der Waals surface area contributed by atoms with Gasteiger partial charge in [-0.25, -0.2) is 4.79 Å². The van der Waals surface area contributed by atoms with Crippen LogP contribution in [0, 0.1) is 19.3 Å². The van der Waals surface area contributed by atoms with Crippen LogP contribution in [-0.2, 0) is 63.7 Å². The number of ether oxygens (including phenoxy) is 5. The maximum atomic E-state index is 13.9. The molecule has 0 aliphatic carbocycles. The van der Waals surface area contributed by atoms with E-state index in [2.05, 4.69) is 49.6 Å². The maximum Gasteiger partial charge on any atom is 0.329 e. The van der Waals surface area contributed by atoms with Crippen molar-refractivity contribution in [3.63, 3.8) is 0 Å². The van der Waals surface area contributed by atoms with Gasteiger partial charge in [0.25, 0.3) is 17.7 Å². The Morgan fingerprint density at radius 2 is 1.48 bits per heavy atom. The van der Waals surface area contributed by atoms with E-state index in [1.807, 2.05) is 13.0 Å². The highest BCUT2D eigenvalue weighted by atomic mass is 16.5. The molecule has 0 spiro atoms. The van der Waals surface area contributed by atoms with Crippen LogP contribution in [0.5, 0.6) is 5.75 Å². The summed E-state index contributed by atoms with van der Waals surface area (Å²) >= 11 is 0. The largest absolute Gasteiger partial charge is 0.485 e. The van der Waals surface area contributed by atoms with Crippen LogP contribution in [0.4, 0.5) is 5.69 Å². The lowest BCUT2D eigenvalue weighted by Gasteiger charge is -2.36. The molecule has 6 rings (SSSR count). The van der Waals surface area contributed by atoms with Crippen LogP contribution < -0.4 is 15.4 Å². The molecule has 19 heteroatoms. The first-order valence-corrected chi connectivity index (χ1v) is 29.0. The van der Waals surface area contributed by atoms with Gasteiger partial charge in [0.05, 0.1) is 24.3 Å². The molecule has 0 bridgehead atoms. The molecule has 2 fully saturated rings. The van der Waals surface area contributed by atoms with Crippen molar-refractivity contribution < 1.29 is 71.6 Å². The summed E-state index contributed by atoms with van der Waals surface area (Å²) in [5.41, 5.74) is 4.05. The van der Waals surface area contributed by atoms with Gasteiger partial charge in [0.1, 0.15) is 36.3 Å². The number of amides is 6. The quantitative estimate of drug-likeness (QED) is 0.0257. The molecule has 19 nitrogen and oxygen atoms in total. The second kappa shape index (κ2) is 33.2. The summed E-state index contributed by atoms with van der Waals surface area (Å²) < 4.78 is 27.5. The standard InChI is InChI=1S/C41H58N2O7.C22H26N2O8/c1-7-25-49-26-12-10-16-34(44)21-23-37(45)42-33-15-13-14-32(28-33)36(22-20-31-19-18-29(3)30(4)27-31)50-40(48)35-17-9-11-24-43(35)39(47)38(46)41(5,6)8-2;1-30-11-12-31-10-3-2-5-14(25)13-32-17-7-4-6-15-19(17)22(29)24(21(15)28)16-8-9-18(26)23-20(16)27/h13-15,18-19,27-28,35-36H,7-12,16-17,20-26H2,1-6H3,(H,42,45);4,6-7,16H,2-3,5,8-13H2,1H3,(H,23,26,27)/t35-,36+;/m0./s1. The molecular weight excluding hydrogens is 1050 g/mol. The monoisotopic (exact) mass is 1140 g/mol. The first-order valence-electron chi connectivity index (χ1n) is 29.0. The number of methoxy groups -OCH3 is 1. The number of carbonyl (C=O) groups excluding carboxylic acids is 10. The van der Waals surface area contributed by atoms with E-state index in [0.717, 1.165) is 49.2 Å². The molecule has 3 heterocycles. The zero-order valence-electron chi connectivity index (χ0n) is 49.0. The number of fused-ring (bicyclic) bond motifs is 1. The third kappa shape index (κ3) is 19.6. The predicted octanol–water partition coefficient (Wildman–Crippen LogP) is 8.66. The van der Waals surface area contributed by atoms with Crippen molar-refractivity contribution in [2.45, 2.75) is 169 Å². The molecule has 2 N–H and O–H groups in total. The van der Waals surface area contributed by atoms with Crippen molar-refractivity contribution in [1.82, 2.24) is 15.1 Å². The third-order valence-corrected chi connectivity index (χ3v) is 15.0. The Balaban J connectivity index is 0.000000330. The number of imide groups is 2. The van der Waals surface area contributed by atoms with Gasteiger partial charge in [-0.05, 0) is 137 Å². The highest BCUT2D eigenvalue weighted by Crippen LogP contribution is 2.35. The zero-order chi connectivity index (χ0) is 59.8. The second-order valence-corrected chi connectivity index (χ2v) is 21.8. The van der Waals surface area contributed by atoms with Gasteiger partial charge in [-0.3, -0.25) is 53.4 Å². The molecule has 3 aromatic rings. The number of benzene rings is 3. The van der Waals surface area contributed by atoms with E-state index in [-0.39, 0.29) is 66.6 Å². The predicted molar refractivity (Wildman–Crippen MR) is 306 cm³/mol. The number of anilines is 1. The highest BCUT2D eigenvalue weighted by Gasteiger charge is 2.46. The van der Waals surface area contributed by atoms with E-state index in [1.54, 1.807) is 45.2 Å².